The average Bonchev–Trinajstić information content (AvgIpc) is 3.40. The van der Waals surface area contributed by atoms with Gasteiger partial charge >= 0.3 is 0 Å². The van der Waals surface area contributed by atoms with Crippen molar-refractivity contribution in [1.82, 2.24) is 5.06 Å². The van der Waals surface area contributed by atoms with Crippen molar-refractivity contribution in [2.24, 2.45) is 34.5 Å². The van der Waals surface area contributed by atoms with Crippen molar-refractivity contribution in [3.63, 3.8) is 0 Å². The van der Waals surface area contributed by atoms with Crippen LogP contribution < -0.4 is 0 Å². The number of carbonyl (C=O) groups excluding carboxylic acids is 2. The van der Waals surface area contributed by atoms with E-state index >= 15 is 0 Å². The first-order valence-electron chi connectivity index (χ1n) is 16.0. The standard InChI is InChI=1S/C35H49NO6Si/c1-32(2,3)43(6,7)41-21-30(40)35-24(20-36(42-35)19-22-8-11-25(37)12-9-22)17-28-27-13-10-23-16-26(38)14-15-33(23,4)31(27)29(39)18-34(28,35)5/h8-9,11-12,14-16,24,27-29,31,37,39H,10,13,17-21H2,1-7H3. The zero-order valence-electron chi connectivity index (χ0n) is 26.9. The highest BCUT2D eigenvalue weighted by molar-refractivity contribution is 6.74. The second-order valence-corrected chi connectivity index (χ2v) is 20.7. The SMILES string of the molecule is CC12C=CC(=O)C=C1CCC1C2C(O)CC2(C)C1CC1CN(Cc3ccc(O)cc3)OC12C(=O)CO[Si](C)(C)C(C)(C)C. The van der Waals surface area contributed by atoms with E-state index in [1.54, 1.807) is 24.3 Å². The Morgan fingerprint density at radius 3 is 2.56 bits per heavy atom. The molecule has 8 heteroatoms. The molecule has 1 saturated heterocycles. The first-order valence-corrected chi connectivity index (χ1v) is 18.9. The predicted octanol–water partition coefficient (Wildman–Crippen LogP) is 5.97. The molecule has 1 heterocycles. The first-order chi connectivity index (χ1) is 20.0. The summed E-state index contributed by atoms with van der Waals surface area (Å²) in [5.41, 5.74) is 0.122. The zero-order valence-corrected chi connectivity index (χ0v) is 27.9. The Bertz CT molecular complexity index is 1360. The lowest BCUT2D eigenvalue weighted by Crippen LogP contribution is -2.63. The number of aliphatic hydroxyl groups is 1. The number of rotatable bonds is 6. The van der Waals surface area contributed by atoms with Gasteiger partial charge in [0.1, 0.15) is 5.75 Å². The number of carbonyl (C=O) groups is 2. The topological polar surface area (TPSA) is 96.3 Å². The highest BCUT2D eigenvalue weighted by atomic mass is 28.4. The molecule has 7 nitrogen and oxygen atoms in total. The second-order valence-electron chi connectivity index (χ2n) is 15.9. The number of allylic oxidation sites excluding steroid dienone is 4. The van der Waals surface area contributed by atoms with Gasteiger partial charge in [0, 0.05) is 35.8 Å². The van der Waals surface area contributed by atoms with Crippen molar-refractivity contribution in [3.8, 4) is 5.75 Å². The van der Waals surface area contributed by atoms with Crippen LogP contribution in [0.15, 0.2) is 48.1 Å². The van der Waals surface area contributed by atoms with Crippen LogP contribution in [-0.4, -0.2) is 60.0 Å². The number of aliphatic hydroxyl groups excluding tert-OH is 1. The van der Waals surface area contributed by atoms with E-state index in [2.05, 4.69) is 47.7 Å². The van der Waals surface area contributed by atoms with E-state index in [4.69, 9.17) is 9.26 Å². The summed E-state index contributed by atoms with van der Waals surface area (Å²) in [4.78, 5) is 33.9. The van der Waals surface area contributed by atoms with Crippen LogP contribution in [-0.2, 0) is 25.4 Å². The van der Waals surface area contributed by atoms with Gasteiger partial charge in [-0.3, -0.25) is 14.4 Å². The van der Waals surface area contributed by atoms with Crippen molar-refractivity contribution in [3.05, 3.63) is 53.6 Å². The highest BCUT2D eigenvalue weighted by Crippen LogP contribution is 2.70. The number of hydroxylamine groups is 2. The molecule has 0 aromatic heterocycles. The molecule has 0 bridgehead atoms. The minimum atomic E-state index is -2.20. The van der Waals surface area contributed by atoms with Gasteiger partial charge in [0.25, 0.3) is 0 Å². The van der Waals surface area contributed by atoms with E-state index in [1.807, 2.05) is 23.3 Å². The second kappa shape index (κ2) is 10.2. The summed E-state index contributed by atoms with van der Waals surface area (Å²) in [7, 11) is -2.20. The summed E-state index contributed by atoms with van der Waals surface area (Å²) in [5, 5.41) is 23.7. The minimum Gasteiger partial charge on any atom is -0.508 e. The van der Waals surface area contributed by atoms with Gasteiger partial charge in [0.15, 0.2) is 25.5 Å². The normalized spacial score (nSPS) is 39.1. The number of phenolic OH excluding ortho intramolecular Hbond substituents is 1. The summed E-state index contributed by atoms with van der Waals surface area (Å²) in [5.74, 6) is 0.658. The maximum Gasteiger partial charge on any atom is 0.192 e. The van der Waals surface area contributed by atoms with Gasteiger partial charge in [-0.1, -0.05) is 58.4 Å². The molecule has 6 rings (SSSR count). The Kier molecular flexibility index (Phi) is 7.34. The molecular formula is C35H49NO6Si. The lowest BCUT2D eigenvalue weighted by Gasteiger charge is -2.60. The molecule has 5 aliphatic rings. The number of benzene rings is 1. The number of hydrogen-bond acceptors (Lipinski definition) is 7. The van der Waals surface area contributed by atoms with Crippen molar-refractivity contribution >= 4 is 19.9 Å². The Hall–Kier alpha value is -2.10. The third kappa shape index (κ3) is 4.66. The molecule has 3 saturated carbocycles. The van der Waals surface area contributed by atoms with E-state index in [1.165, 1.54) is 0 Å². The molecule has 0 amide bonds. The van der Waals surface area contributed by atoms with Crippen molar-refractivity contribution < 1.29 is 29.1 Å². The number of phenols is 1. The number of aromatic hydroxyl groups is 1. The van der Waals surface area contributed by atoms with Gasteiger partial charge in [0.05, 0.1) is 12.7 Å². The Morgan fingerprint density at radius 2 is 1.88 bits per heavy atom. The summed E-state index contributed by atoms with van der Waals surface area (Å²) in [6, 6.07) is 7.12. The Morgan fingerprint density at radius 1 is 1.19 bits per heavy atom. The van der Waals surface area contributed by atoms with Gasteiger partial charge in [0.2, 0.25) is 0 Å². The van der Waals surface area contributed by atoms with Crippen molar-refractivity contribution in [1.29, 1.82) is 0 Å². The molecule has 0 spiro atoms. The van der Waals surface area contributed by atoms with Crippen molar-refractivity contribution in [2.75, 3.05) is 13.2 Å². The monoisotopic (exact) mass is 607 g/mol. The molecule has 1 aromatic rings. The molecule has 43 heavy (non-hydrogen) atoms. The van der Waals surface area contributed by atoms with Crippen LogP contribution in [0.25, 0.3) is 0 Å². The summed E-state index contributed by atoms with van der Waals surface area (Å²) in [6.45, 7) is 16.4. The third-order valence-electron chi connectivity index (χ3n) is 12.6. The van der Waals surface area contributed by atoms with Crippen LogP contribution in [0.3, 0.4) is 0 Å². The van der Waals surface area contributed by atoms with E-state index < -0.39 is 25.4 Å². The maximum absolute atomic E-state index is 14.7. The molecule has 2 N–H and O–H groups in total. The first kappa shape index (κ1) is 30.9. The van der Waals surface area contributed by atoms with E-state index in [9.17, 15) is 19.8 Å². The summed E-state index contributed by atoms with van der Waals surface area (Å²) < 4.78 is 6.54. The zero-order chi connectivity index (χ0) is 31.2. The Balaban J connectivity index is 1.35. The minimum absolute atomic E-state index is 0.00233. The molecule has 1 aromatic carbocycles. The van der Waals surface area contributed by atoms with Crippen LogP contribution in [0.5, 0.6) is 5.75 Å². The maximum atomic E-state index is 14.7. The molecular weight excluding hydrogens is 558 g/mol. The number of hydrogen-bond donors (Lipinski definition) is 2. The van der Waals surface area contributed by atoms with Gasteiger partial charge < -0.3 is 14.6 Å². The highest BCUT2D eigenvalue weighted by Gasteiger charge is 2.75. The van der Waals surface area contributed by atoms with E-state index in [0.29, 0.717) is 19.5 Å². The van der Waals surface area contributed by atoms with Crippen LogP contribution in [0.4, 0.5) is 0 Å². The van der Waals surface area contributed by atoms with E-state index in [-0.39, 0.29) is 58.0 Å². The third-order valence-corrected chi connectivity index (χ3v) is 17.1. The van der Waals surface area contributed by atoms with Crippen LogP contribution >= 0.6 is 0 Å². The fourth-order valence-corrected chi connectivity index (χ4v) is 10.3. The molecule has 8 atom stereocenters. The summed E-state index contributed by atoms with van der Waals surface area (Å²) >= 11 is 0. The molecule has 1 aliphatic heterocycles. The van der Waals surface area contributed by atoms with Gasteiger partial charge in [-0.15, -0.1) is 0 Å². The number of Topliss-reactive ketones (excluding diaryl/α,β-unsaturated/α-hetero) is 1. The molecule has 0 radical (unpaired) electrons. The number of fused-ring (bicyclic) bond motifs is 7. The molecule has 8 unspecified atom stereocenters. The molecule has 4 fully saturated rings. The van der Waals surface area contributed by atoms with Crippen LogP contribution in [0.2, 0.25) is 18.1 Å². The summed E-state index contributed by atoms with van der Waals surface area (Å²) in [6.07, 6.45) is 7.93. The van der Waals surface area contributed by atoms with Crippen molar-refractivity contribution in [2.45, 2.75) is 96.7 Å². The smallest absolute Gasteiger partial charge is 0.192 e. The van der Waals surface area contributed by atoms with Gasteiger partial charge in [-0.25, -0.2) is 0 Å². The number of nitrogens with zero attached hydrogens (tertiary/aromatic N) is 1. The fraction of sp³-hybridized carbons (Fsp3) is 0.657. The Labute approximate surface area is 257 Å². The van der Waals surface area contributed by atoms with Crippen LogP contribution in [0, 0.1) is 34.5 Å². The largest absolute Gasteiger partial charge is 0.508 e. The van der Waals surface area contributed by atoms with Gasteiger partial charge in [-0.05, 0) is 85.5 Å². The average molecular weight is 608 g/mol. The molecule has 234 valence electrons. The fourth-order valence-electron chi connectivity index (χ4n) is 9.41. The molecule has 4 aliphatic carbocycles. The number of ketones is 2. The quantitative estimate of drug-likeness (QED) is 0.385. The lowest BCUT2D eigenvalue weighted by molar-refractivity contribution is -0.254. The van der Waals surface area contributed by atoms with E-state index in [0.717, 1.165) is 30.4 Å². The predicted molar refractivity (Wildman–Crippen MR) is 167 cm³/mol. The van der Waals surface area contributed by atoms with Gasteiger partial charge in [-0.2, -0.15) is 5.06 Å². The lowest BCUT2D eigenvalue weighted by atomic mass is 9.46. The van der Waals surface area contributed by atoms with Crippen LogP contribution in [0.1, 0.15) is 65.9 Å².